The summed E-state index contributed by atoms with van der Waals surface area (Å²) in [5, 5.41) is 10.8. The van der Waals surface area contributed by atoms with E-state index in [2.05, 4.69) is 0 Å². The number of carbonyl (C=O) groups is 4. The van der Waals surface area contributed by atoms with E-state index in [1.807, 2.05) is 0 Å². The van der Waals surface area contributed by atoms with Crippen LogP contribution in [0.2, 0.25) is 0 Å². The number of nitro groups is 1. The lowest BCUT2D eigenvalue weighted by atomic mass is 10.0. The maximum atomic E-state index is 12.7. The lowest BCUT2D eigenvalue weighted by molar-refractivity contribution is -0.384. The first-order valence-corrected chi connectivity index (χ1v) is 11.8. The van der Waals surface area contributed by atoms with E-state index in [0.29, 0.717) is 11.3 Å². The van der Waals surface area contributed by atoms with E-state index in [1.54, 1.807) is 12.1 Å². The molecule has 0 aromatic heterocycles. The van der Waals surface area contributed by atoms with Crippen molar-refractivity contribution in [1.82, 2.24) is 0 Å². The molecule has 1 heterocycles. The predicted molar refractivity (Wildman–Crippen MR) is 127 cm³/mol. The number of ether oxygens (including phenoxy) is 4. The average Bonchev–Trinajstić information content (AvgIpc) is 2.82. The van der Waals surface area contributed by atoms with Gasteiger partial charge in [-0.05, 0) is 36.4 Å². The van der Waals surface area contributed by atoms with E-state index in [-0.39, 0.29) is 22.8 Å². The Labute approximate surface area is 210 Å². The van der Waals surface area contributed by atoms with Gasteiger partial charge in [0.05, 0.1) is 4.92 Å². The lowest BCUT2D eigenvalue weighted by Gasteiger charge is -2.39. The molecule has 0 radical (unpaired) electrons. The number of rotatable bonds is 8. The molecule has 2 aromatic rings. The van der Waals surface area contributed by atoms with Crippen molar-refractivity contribution in [3.05, 3.63) is 69.8 Å². The zero-order chi connectivity index (χ0) is 26.4. The quantitative estimate of drug-likeness (QED) is 0.167. The smallest absolute Gasteiger partial charge is 0.303 e. The first kappa shape index (κ1) is 26.7. The summed E-state index contributed by atoms with van der Waals surface area (Å²) < 4.78 is 22.0. The third-order valence-electron chi connectivity index (χ3n) is 5.01. The lowest BCUT2D eigenvalue weighted by Crippen LogP contribution is -2.55. The standard InChI is InChI=1S/C24H23NO10S/c1-13(26)32-20-12-36-24(23(34-15(3)28)22(20)33-14(2)27)35-19-10-6-17(7-11-19)21(29)16-4-8-18(9-5-16)25(30)31/h4-11,20,22-24H,12H2,1-3H3/t20-,22+,23-,24+/m1/s1. The van der Waals surface area contributed by atoms with Gasteiger partial charge in [0.15, 0.2) is 29.5 Å². The molecule has 1 fully saturated rings. The third kappa shape index (κ3) is 6.81. The second-order valence-corrected chi connectivity index (χ2v) is 8.90. The van der Waals surface area contributed by atoms with Gasteiger partial charge in [0, 0.05) is 49.8 Å². The monoisotopic (exact) mass is 517 g/mol. The summed E-state index contributed by atoms with van der Waals surface area (Å²) in [6.45, 7) is 3.60. The summed E-state index contributed by atoms with van der Waals surface area (Å²) in [6.07, 6.45) is -3.00. The van der Waals surface area contributed by atoms with Gasteiger partial charge in [-0.15, -0.1) is 11.8 Å². The van der Waals surface area contributed by atoms with Gasteiger partial charge in [0.25, 0.3) is 5.69 Å². The van der Waals surface area contributed by atoms with Crippen molar-refractivity contribution < 1.29 is 43.0 Å². The molecule has 0 saturated carbocycles. The molecule has 2 aromatic carbocycles. The minimum absolute atomic E-state index is 0.120. The van der Waals surface area contributed by atoms with Crippen LogP contribution >= 0.6 is 11.8 Å². The number of nitro benzene ring substituents is 1. The molecule has 1 aliphatic heterocycles. The van der Waals surface area contributed by atoms with Crippen molar-refractivity contribution in [2.24, 2.45) is 0 Å². The van der Waals surface area contributed by atoms with Crippen molar-refractivity contribution in [1.29, 1.82) is 0 Å². The highest BCUT2D eigenvalue weighted by molar-refractivity contribution is 7.99. The molecule has 0 amide bonds. The largest absolute Gasteiger partial charge is 0.476 e. The average molecular weight is 518 g/mol. The molecule has 0 bridgehead atoms. The second-order valence-electron chi connectivity index (χ2n) is 7.77. The number of hydrogen-bond acceptors (Lipinski definition) is 11. The molecule has 0 spiro atoms. The van der Waals surface area contributed by atoms with Crippen molar-refractivity contribution in [2.75, 3.05) is 5.75 Å². The zero-order valence-corrected chi connectivity index (χ0v) is 20.4. The van der Waals surface area contributed by atoms with Crippen LogP contribution in [0.5, 0.6) is 5.75 Å². The van der Waals surface area contributed by atoms with E-state index < -0.39 is 46.6 Å². The van der Waals surface area contributed by atoms with Gasteiger partial charge in [-0.1, -0.05) is 0 Å². The first-order valence-electron chi connectivity index (χ1n) is 10.7. The Morgan fingerprint density at radius 2 is 1.31 bits per heavy atom. The molecule has 3 rings (SSSR count). The summed E-state index contributed by atoms with van der Waals surface area (Å²) in [5.41, 5.74) is -0.309. The van der Waals surface area contributed by atoms with Gasteiger partial charge in [0.1, 0.15) is 5.75 Å². The minimum Gasteiger partial charge on any atom is -0.476 e. The Morgan fingerprint density at radius 1 is 0.806 bits per heavy atom. The van der Waals surface area contributed by atoms with Crippen LogP contribution in [0, 0.1) is 10.1 Å². The summed E-state index contributed by atoms with van der Waals surface area (Å²) in [7, 11) is 0. The van der Waals surface area contributed by atoms with Crippen molar-refractivity contribution in [3.8, 4) is 5.75 Å². The molecule has 0 N–H and O–H groups in total. The molecule has 12 heteroatoms. The highest BCUT2D eigenvalue weighted by Crippen LogP contribution is 2.34. The summed E-state index contributed by atoms with van der Waals surface area (Å²) in [5.74, 6) is -1.63. The molecule has 0 aliphatic carbocycles. The van der Waals surface area contributed by atoms with Crippen LogP contribution in [0.1, 0.15) is 36.7 Å². The van der Waals surface area contributed by atoms with E-state index in [9.17, 15) is 29.3 Å². The van der Waals surface area contributed by atoms with Gasteiger partial charge in [-0.25, -0.2) is 0 Å². The number of esters is 3. The zero-order valence-electron chi connectivity index (χ0n) is 19.6. The Morgan fingerprint density at radius 3 is 1.81 bits per heavy atom. The fraction of sp³-hybridized carbons (Fsp3) is 0.333. The number of nitrogens with zero attached hydrogens (tertiary/aromatic N) is 1. The molecule has 1 aliphatic rings. The van der Waals surface area contributed by atoms with Gasteiger partial charge in [-0.3, -0.25) is 29.3 Å². The molecular weight excluding hydrogens is 494 g/mol. The van der Waals surface area contributed by atoms with Crippen molar-refractivity contribution >= 4 is 41.1 Å². The van der Waals surface area contributed by atoms with Gasteiger partial charge in [0.2, 0.25) is 0 Å². The minimum atomic E-state index is -1.08. The van der Waals surface area contributed by atoms with Crippen LogP contribution in [0.25, 0.3) is 0 Å². The number of hydrogen-bond donors (Lipinski definition) is 0. The SMILES string of the molecule is CC(=O)O[C@@H]1[C@@H](OC(C)=O)[C@@H](Oc2ccc(C(=O)c3ccc([N+](=O)[O-])cc3)cc2)SC[C@H]1OC(C)=O. The van der Waals surface area contributed by atoms with E-state index in [1.165, 1.54) is 68.9 Å². The normalized spacial score (nSPS) is 21.1. The third-order valence-corrected chi connectivity index (χ3v) is 6.23. The predicted octanol–water partition coefficient (Wildman–Crippen LogP) is 3.07. The van der Waals surface area contributed by atoms with Crippen LogP contribution in [-0.2, 0) is 28.6 Å². The highest BCUT2D eigenvalue weighted by Gasteiger charge is 2.47. The summed E-state index contributed by atoms with van der Waals surface area (Å²) >= 11 is 1.21. The molecular formula is C24H23NO10S. The Kier molecular flexibility index (Phi) is 8.64. The Bertz CT molecular complexity index is 1150. The molecule has 4 atom stereocenters. The number of benzene rings is 2. The van der Waals surface area contributed by atoms with Gasteiger partial charge in [-0.2, -0.15) is 0 Å². The van der Waals surface area contributed by atoms with Crippen LogP contribution in [0.15, 0.2) is 48.5 Å². The van der Waals surface area contributed by atoms with Crippen LogP contribution < -0.4 is 4.74 Å². The number of thioether (sulfide) groups is 1. The maximum Gasteiger partial charge on any atom is 0.303 e. The number of ketones is 1. The summed E-state index contributed by atoms with van der Waals surface area (Å²) in [6, 6.07) is 11.4. The van der Waals surface area contributed by atoms with E-state index >= 15 is 0 Å². The van der Waals surface area contributed by atoms with Gasteiger partial charge < -0.3 is 18.9 Å². The molecule has 0 unspecified atom stereocenters. The fourth-order valence-electron chi connectivity index (χ4n) is 3.53. The van der Waals surface area contributed by atoms with Crippen molar-refractivity contribution in [3.63, 3.8) is 0 Å². The van der Waals surface area contributed by atoms with E-state index in [0.717, 1.165) is 0 Å². The number of carbonyl (C=O) groups excluding carboxylic acids is 4. The van der Waals surface area contributed by atoms with Crippen LogP contribution in [-0.4, -0.2) is 58.1 Å². The molecule has 190 valence electrons. The Hall–Kier alpha value is -3.93. The van der Waals surface area contributed by atoms with E-state index in [4.69, 9.17) is 18.9 Å². The van der Waals surface area contributed by atoms with Crippen LogP contribution in [0.3, 0.4) is 0 Å². The molecule has 36 heavy (non-hydrogen) atoms. The molecule has 11 nitrogen and oxygen atoms in total. The maximum absolute atomic E-state index is 12.7. The fourth-order valence-corrected chi connectivity index (χ4v) is 4.75. The number of non-ortho nitro benzene ring substituents is 1. The molecule has 1 saturated heterocycles. The highest BCUT2D eigenvalue weighted by atomic mass is 32.2. The summed E-state index contributed by atoms with van der Waals surface area (Å²) in [4.78, 5) is 57.9. The second kappa shape index (κ2) is 11.7. The van der Waals surface area contributed by atoms with Crippen LogP contribution in [0.4, 0.5) is 5.69 Å². The van der Waals surface area contributed by atoms with Crippen molar-refractivity contribution in [2.45, 2.75) is 44.5 Å². The van der Waals surface area contributed by atoms with Gasteiger partial charge >= 0.3 is 17.9 Å². The Balaban J connectivity index is 1.77. The topological polar surface area (TPSA) is 148 Å². The first-order chi connectivity index (χ1) is 17.0.